The van der Waals surface area contributed by atoms with Crippen LogP contribution >= 0.6 is 11.6 Å². The van der Waals surface area contributed by atoms with Crippen molar-refractivity contribution in [3.8, 4) is 17.2 Å². The highest BCUT2D eigenvalue weighted by atomic mass is 35.5. The molecule has 0 aliphatic carbocycles. The third kappa shape index (κ3) is 4.92. The molecule has 0 saturated carbocycles. The largest absolute Gasteiger partial charge is 0.488 e. The number of aryl methyl sites for hydroxylation is 1. The molecule has 0 radical (unpaired) electrons. The summed E-state index contributed by atoms with van der Waals surface area (Å²) in [6.07, 6.45) is 1.37. The summed E-state index contributed by atoms with van der Waals surface area (Å²) in [6.45, 7) is 5.89. The highest BCUT2D eigenvalue weighted by molar-refractivity contribution is 7.90. The molecule has 1 aromatic carbocycles. The molecule has 4 rings (SSSR count). The average molecular weight is 508 g/mol. The first-order valence-corrected chi connectivity index (χ1v) is 12.4. The van der Waals surface area contributed by atoms with Gasteiger partial charge in [0.1, 0.15) is 12.3 Å². The number of rotatable bonds is 8. The van der Waals surface area contributed by atoms with Crippen LogP contribution in [0.1, 0.15) is 11.3 Å². The van der Waals surface area contributed by atoms with E-state index in [1.165, 1.54) is 30.5 Å². The van der Waals surface area contributed by atoms with Crippen LogP contribution in [0.25, 0.3) is 11.5 Å². The molecule has 2 aromatic heterocycles. The van der Waals surface area contributed by atoms with Crippen LogP contribution < -0.4 is 16.3 Å². The fourth-order valence-electron chi connectivity index (χ4n) is 3.59. The standard InChI is InChI=1S/C22H26ClN5O5S/c1-15-2-4-16(5-3-15)34(29,30)28-7-6-17(23)20(28)18-14-19(21(33-18)22(24)26-25)32-13-10-27-8-11-31-12-9-27/h2-7,14H,8-13,25H2,1H3,(H2,24,26). The SMILES string of the molecule is Cc1ccc(S(=O)(=O)n2ccc(Cl)c2-c2cc(OCCN3CCOCC3)c(C(N)=NN)o2)cc1. The fourth-order valence-corrected chi connectivity index (χ4v) is 5.23. The Hall–Kier alpha value is -2.99. The number of hydrogen-bond donors (Lipinski definition) is 2. The summed E-state index contributed by atoms with van der Waals surface area (Å²) in [7, 11) is -3.95. The molecule has 0 atom stereocenters. The van der Waals surface area contributed by atoms with E-state index < -0.39 is 10.0 Å². The number of halogens is 1. The second kappa shape index (κ2) is 10.1. The van der Waals surface area contributed by atoms with Gasteiger partial charge < -0.3 is 25.5 Å². The van der Waals surface area contributed by atoms with Crippen molar-refractivity contribution >= 4 is 27.5 Å². The number of hydrazone groups is 1. The van der Waals surface area contributed by atoms with Crippen LogP contribution in [0.2, 0.25) is 5.02 Å². The van der Waals surface area contributed by atoms with Gasteiger partial charge in [0.15, 0.2) is 17.3 Å². The van der Waals surface area contributed by atoms with Crippen LogP contribution in [0, 0.1) is 6.92 Å². The zero-order valence-corrected chi connectivity index (χ0v) is 20.2. The minimum absolute atomic E-state index is 0.0935. The van der Waals surface area contributed by atoms with E-state index in [9.17, 15) is 8.42 Å². The van der Waals surface area contributed by atoms with Crippen molar-refractivity contribution in [3.05, 3.63) is 58.9 Å². The van der Waals surface area contributed by atoms with Gasteiger partial charge in [0, 0.05) is 31.9 Å². The molecular formula is C22H26ClN5O5S. The lowest BCUT2D eigenvalue weighted by atomic mass is 10.2. The average Bonchev–Trinajstić information content (AvgIpc) is 3.43. The lowest BCUT2D eigenvalue weighted by Crippen LogP contribution is -2.38. The van der Waals surface area contributed by atoms with Crippen molar-refractivity contribution in [1.29, 1.82) is 0 Å². The summed E-state index contributed by atoms with van der Waals surface area (Å²) >= 11 is 6.39. The van der Waals surface area contributed by atoms with E-state index >= 15 is 0 Å². The second-order valence-electron chi connectivity index (χ2n) is 7.75. The van der Waals surface area contributed by atoms with E-state index in [2.05, 4.69) is 10.0 Å². The normalized spacial score (nSPS) is 15.5. The quantitative estimate of drug-likeness (QED) is 0.205. The molecule has 0 amide bonds. The molecule has 4 N–H and O–H groups in total. The summed E-state index contributed by atoms with van der Waals surface area (Å²) < 4.78 is 44.8. The number of hydrogen-bond acceptors (Lipinski definition) is 8. The van der Waals surface area contributed by atoms with Crippen molar-refractivity contribution < 1.29 is 22.3 Å². The molecule has 0 unspecified atom stereocenters. The van der Waals surface area contributed by atoms with Gasteiger partial charge in [-0.2, -0.15) is 5.10 Å². The van der Waals surface area contributed by atoms with E-state index in [4.69, 9.17) is 37.1 Å². The molecule has 1 aliphatic heterocycles. The summed E-state index contributed by atoms with van der Waals surface area (Å²) in [5.41, 5.74) is 6.99. The zero-order chi connectivity index (χ0) is 24.3. The Balaban J connectivity index is 1.67. The maximum absolute atomic E-state index is 13.3. The molecule has 1 saturated heterocycles. The third-order valence-electron chi connectivity index (χ3n) is 5.45. The van der Waals surface area contributed by atoms with E-state index in [-0.39, 0.29) is 38.7 Å². The smallest absolute Gasteiger partial charge is 0.268 e. The van der Waals surface area contributed by atoms with Gasteiger partial charge in [-0.05, 0) is 25.1 Å². The highest BCUT2D eigenvalue weighted by Crippen LogP contribution is 2.37. The lowest BCUT2D eigenvalue weighted by molar-refractivity contribution is 0.0322. The van der Waals surface area contributed by atoms with Crippen LogP contribution in [0.3, 0.4) is 0 Å². The third-order valence-corrected chi connectivity index (χ3v) is 7.45. The first kappa shape index (κ1) is 24.1. The predicted molar refractivity (Wildman–Crippen MR) is 129 cm³/mol. The van der Waals surface area contributed by atoms with Crippen molar-refractivity contribution in [2.24, 2.45) is 16.7 Å². The number of ether oxygens (including phenoxy) is 2. The molecule has 0 spiro atoms. The van der Waals surface area contributed by atoms with Gasteiger partial charge in [-0.3, -0.25) is 4.90 Å². The molecule has 34 heavy (non-hydrogen) atoms. The summed E-state index contributed by atoms with van der Waals surface area (Å²) in [5, 5.41) is 3.68. The Morgan fingerprint density at radius 1 is 1.21 bits per heavy atom. The van der Waals surface area contributed by atoms with Gasteiger partial charge >= 0.3 is 0 Å². The number of aromatic nitrogens is 1. The van der Waals surface area contributed by atoms with E-state index in [0.717, 1.165) is 22.6 Å². The van der Waals surface area contributed by atoms with Crippen molar-refractivity contribution in [2.75, 3.05) is 39.5 Å². The van der Waals surface area contributed by atoms with Crippen molar-refractivity contribution in [3.63, 3.8) is 0 Å². The molecule has 1 fully saturated rings. The fraction of sp³-hybridized carbons (Fsp3) is 0.318. The van der Waals surface area contributed by atoms with Crippen LogP contribution in [0.5, 0.6) is 5.75 Å². The second-order valence-corrected chi connectivity index (χ2v) is 9.97. The number of benzene rings is 1. The molecule has 0 bridgehead atoms. The number of nitrogens with zero attached hydrogens (tertiary/aromatic N) is 3. The van der Waals surface area contributed by atoms with E-state index in [0.29, 0.717) is 26.4 Å². The van der Waals surface area contributed by atoms with Gasteiger partial charge in [0.2, 0.25) is 5.76 Å². The summed E-state index contributed by atoms with van der Waals surface area (Å²) in [4.78, 5) is 2.32. The van der Waals surface area contributed by atoms with E-state index in [1.807, 2.05) is 6.92 Å². The Morgan fingerprint density at radius 2 is 1.91 bits per heavy atom. The Morgan fingerprint density at radius 3 is 2.59 bits per heavy atom. The monoisotopic (exact) mass is 507 g/mol. The molecule has 3 aromatic rings. The topological polar surface area (TPSA) is 138 Å². The number of morpholine rings is 1. The minimum Gasteiger partial charge on any atom is -0.488 e. The van der Waals surface area contributed by atoms with Crippen LogP contribution in [0.4, 0.5) is 0 Å². The zero-order valence-electron chi connectivity index (χ0n) is 18.6. The van der Waals surface area contributed by atoms with Crippen LogP contribution in [-0.4, -0.2) is 62.6 Å². The van der Waals surface area contributed by atoms with Crippen LogP contribution in [0.15, 0.2) is 57.0 Å². The van der Waals surface area contributed by atoms with Gasteiger partial charge in [0.05, 0.1) is 23.1 Å². The number of nitrogens with two attached hydrogens (primary N) is 2. The van der Waals surface area contributed by atoms with Crippen LogP contribution in [-0.2, 0) is 14.8 Å². The molecule has 1 aliphatic rings. The van der Waals surface area contributed by atoms with Gasteiger partial charge in [0.25, 0.3) is 10.0 Å². The maximum atomic E-state index is 13.3. The number of furan rings is 1. The lowest BCUT2D eigenvalue weighted by Gasteiger charge is -2.26. The highest BCUT2D eigenvalue weighted by Gasteiger charge is 2.27. The molecule has 10 nitrogen and oxygen atoms in total. The molecule has 182 valence electrons. The van der Waals surface area contributed by atoms with Crippen molar-refractivity contribution in [1.82, 2.24) is 8.87 Å². The first-order chi connectivity index (χ1) is 16.3. The molecule has 12 heteroatoms. The van der Waals surface area contributed by atoms with Gasteiger partial charge in [-0.1, -0.05) is 29.3 Å². The minimum atomic E-state index is -3.95. The van der Waals surface area contributed by atoms with Crippen molar-refractivity contribution in [2.45, 2.75) is 11.8 Å². The molecule has 3 heterocycles. The Bertz CT molecular complexity index is 1280. The summed E-state index contributed by atoms with van der Waals surface area (Å²) in [6, 6.07) is 9.53. The Labute approximate surface area is 202 Å². The van der Waals surface area contributed by atoms with Gasteiger partial charge in [-0.25, -0.2) is 12.4 Å². The molecular weight excluding hydrogens is 482 g/mol. The first-order valence-electron chi connectivity index (χ1n) is 10.6. The Kier molecular flexibility index (Phi) is 7.17. The van der Waals surface area contributed by atoms with E-state index in [1.54, 1.807) is 12.1 Å². The summed E-state index contributed by atoms with van der Waals surface area (Å²) in [5.74, 6) is 5.79. The number of amidine groups is 1. The maximum Gasteiger partial charge on any atom is 0.268 e. The predicted octanol–water partition coefficient (Wildman–Crippen LogP) is 2.24. The van der Waals surface area contributed by atoms with Gasteiger partial charge in [-0.15, -0.1) is 0 Å².